The van der Waals surface area contributed by atoms with Crippen LogP contribution in [0, 0.1) is 11.8 Å². The van der Waals surface area contributed by atoms with E-state index in [-0.39, 0.29) is 0 Å². The fraction of sp³-hybridized carbons (Fsp3) is 0.231. The van der Waals surface area contributed by atoms with E-state index < -0.39 is 0 Å². The minimum Gasteiger partial charge on any atom is -0.373 e. The summed E-state index contributed by atoms with van der Waals surface area (Å²) in [5.74, 6) is 1.42. The molecule has 2 bridgehead atoms. The number of fused-ring (bicyclic) bond motifs is 2. The van der Waals surface area contributed by atoms with Crippen molar-refractivity contribution in [3.63, 3.8) is 0 Å². The van der Waals surface area contributed by atoms with Crippen LogP contribution in [0.25, 0.3) is 22.3 Å². The molecule has 1 saturated carbocycles. The van der Waals surface area contributed by atoms with Crippen molar-refractivity contribution in [3.8, 4) is 22.3 Å². The highest BCUT2D eigenvalue weighted by Gasteiger charge is 2.36. The van der Waals surface area contributed by atoms with Gasteiger partial charge in [0.2, 0.25) is 0 Å². The summed E-state index contributed by atoms with van der Waals surface area (Å²) < 4.78 is 6.18. The highest BCUT2D eigenvalue weighted by molar-refractivity contribution is 5.70. The largest absolute Gasteiger partial charge is 0.373 e. The number of hydrogen-bond donors (Lipinski definition) is 0. The Balaban J connectivity index is 1.24. The minimum atomic E-state index is 0.421. The Morgan fingerprint density at radius 2 is 1.22 bits per heavy atom. The SMILES string of the molecule is C1=C[C@@H]2C[C@H]1CC2OCc1ccc(-c2ccc(-c3ccccc3)cc2)cc1. The van der Waals surface area contributed by atoms with E-state index >= 15 is 0 Å². The van der Waals surface area contributed by atoms with Gasteiger partial charge in [-0.25, -0.2) is 0 Å². The number of hydrogen-bond acceptors (Lipinski definition) is 1. The van der Waals surface area contributed by atoms with Crippen LogP contribution in [0.2, 0.25) is 0 Å². The van der Waals surface area contributed by atoms with Gasteiger partial charge in [0.15, 0.2) is 0 Å². The molecule has 0 aromatic heterocycles. The second-order valence-electron chi connectivity index (χ2n) is 7.77. The van der Waals surface area contributed by atoms with Crippen LogP contribution in [0.3, 0.4) is 0 Å². The van der Waals surface area contributed by atoms with Crippen LogP contribution >= 0.6 is 0 Å². The molecule has 1 nitrogen and oxygen atoms in total. The van der Waals surface area contributed by atoms with Crippen LogP contribution in [0.1, 0.15) is 18.4 Å². The highest BCUT2D eigenvalue weighted by Crippen LogP contribution is 2.41. The third-order valence-electron chi connectivity index (χ3n) is 5.96. The van der Waals surface area contributed by atoms with E-state index in [2.05, 4.69) is 91.0 Å². The predicted molar refractivity (Wildman–Crippen MR) is 111 cm³/mol. The molecular formula is C26H24O. The molecule has 0 aliphatic heterocycles. The first-order valence-electron chi connectivity index (χ1n) is 9.90. The normalized spacial score (nSPS) is 23.0. The summed E-state index contributed by atoms with van der Waals surface area (Å²) in [5.41, 5.74) is 6.27. The molecule has 3 aromatic rings. The average Bonchev–Trinajstić information content (AvgIpc) is 3.37. The van der Waals surface area contributed by atoms with E-state index in [0.29, 0.717) is 12.0 Å². The van der Waals surface area contributed by atoms with Gasteiger partial charge in [-0.05, 0) is 46.6 Å². The van der Waals surface area contributed by atoms with Crippen molar-refractivity contribution in [2.24, 2.45) is 11.8 Å². The maximum atomic E-state index is 6.18. The van der Waals surface area contributed by atoms with Crippen molar-refractivity contribution in [2.75, 3.05) is 0 Å². The van der Waals surface area contributed by atoms with E-state index in [1.54, 1.807) is 0 Å². The molecule has 0 amide bonds. The summed E-state index contributed by atoms with van der Waals surface area (Å²) in [6.45, 7) is 0.717. The molecule has 27 heavy (non-hydrogen) atoms. The smallest absolute Gasteiger partial charge is 0.0720 e. The zero-order valence-electron chi connectivity index (χ0n) is 15.4. The number of rotatable bonds is 5. The van der Waals surface area contributed by atoms with E-state index in [4.69, 9.17) is 4.74 Å². The van der Waals surface area contributed by atoms with Crippen molar-refractivity contribution in [2.45, 2.75) is 25.6 Å². The molecule has 5 rings (SSSR count). The van der Waals surface area contributed by atoms with Gasteiger partial charge in [0.05, 0.1) is 12.7 Å². The quantitative estimate of drug-likeness (QED) is 0.476. The summed E-state index contributed by atoms with van der Waals surface area (Å²) in [6.07, 6.45) is 7.63. The molecule has 0 N–H and O–H groups in total. The van der Waals surface area contributed by atoms with Crippen LogP contribution in [-0.2, 0) is 11.3 Å². The van der Waals surface area contributed by atoms with Crippen LogP contribution in [0.4, 0.5) is 0 Å². The predicted octanol–water partition coefficient (Wildman–Crippen LogP) is 6.50. The second-order valence-corrected chi connectivity index (χ2v) is 7.77. The monoisotopic (exact) mass is 352 g/mol. The summed E-state index contributed by atoms with van der Waals surface area (Å²) in [7, 11) is 0. The molecule has 0 heterocycles. The topological polar surface area (TPSA) is 9.23 Å². The van der Waals surface area contributed by atoms with Crippen molar-refractivity contribution in [1.29, 1.82) is 0 Å². The fourth-order valence-corrected chi connectivity index (χ4v) is 4.40. The first-order chi connectivity index (χ1) is 13.3. The second kappa shape index (κ2) is 7.17. The van der Waals surface area contributed by atoms with Crippen molar-refractivity contribution < 1.29 is 4.74 Å². The van der Waals surface area contributed by atoms with Crippen molar-refractivity contribution in [1.82, 2.24) is 0 Å². The zero-order chi connectivity index (χ0) is 18.1. The molecule has 0 spiro atoms. The van der Waals surface area contributed by atoms with Gasteiger partial charge in [0, 0.05) is 5.92 Å². The molecule has 3 atom stereocenters. The standard InChI is InChI=1S/C26H24O/c1-2-4-21(5-3-1)23-12-14-24(15-13-23)22-9-6-19(7-10-22)18-27-26-17-20-8-11-25(26)16-20/h1-15,20,25-26H,16-18H2/t20-,25+,26?/m0/s1. The van der Waals surface area contributed by atoms with Crippen molar-refractivity contribution >= 4 is 0 Å². The Hall–Kier alpha value is -2.64. The van der Waals surface area contributed by atoms with Crippen LogP contribution in [0.5, 0.6) is 0 Å². The van der Waals surface area contributed by atoms with E-state index in [1.807, 2.05) is 0 Å². The molecule has 3 aromatic carbocycles. The maximum absolute atomic E-state index is 6.18. The van der Waals surface area contributed by atoms with Crippen LogP contribution in [0.15, 0.2) is 91.0 Å². The molecule has 134 valence electrons. The summed E-state index contributed by atoms with van der Waals surface area (Å²) in [5, 5.41) is 0. The van der Waals surface area contributed by atoms with Gasteiger partial charge in [0.1, 0.15) is 0 Å². The number of benzene rings is 3. The third kappa shape index (κ3) is 3.48. The average molecular weight is 352 g/mol. The summed E-state index contributed by atoms with van der Waals surface area (Å²) in [4.78, 5) is 0. The molecule has 2 aliphatic carbocycles. The zero-order valence-corrected chi connectivity index (χ0v) is 15.4. The van der Waals surface area contributed by atoms with Gasteiger partial charge in [-0.3, -0.25) is 0 Å². The number of ether oxygens (including phenoxy) is 1. The molecule has 0 saturated heterocycles. The van der Waals surface area contributed by atoms with Gasteiger partial charge in [0.25, 0.3) is 0 Å². The van der Waals surface area contributed by atoms with E-state index in [0.717, 1.165) is 12.5 Å². The lowest BCUT2D eigenvalue weighted by atomic mass is 10.00. The lowest BCUT2D eigenvalue weighted by molar-refractivity contribution is 0.0245. The first-order valence-corrected chi connectivity index (χ1v) is 9.90. The Labute approximate surface area is 161 Å². The third-order valence-corrected chi connectivity index (χ3v) is 5.96. The molecular weight excluding hydrogens is 328 g/mol. The molecule has 1 heteroatoms. The Morgan fingerprint density at radius 1 is 0.630 bits per heavy atom. The van der Waals surface area contributed by atoms with Gasteiger partial charge in [-0.1, -0.05) is 91.0 Å². The van der Waals surface area contributed by atoms with Gasteiger partial charge >= 0.3 is 0 Å². The molecule has 1 fully saturated rings. The first kappa shape index (κ1) is 16.5. The highest BCUT2D eigenvalue weighted by atomic mass is 16.5. The van der Waals surface area contributed by atoms with E-state index in [1.165, 1.54) is 40.7 Å². The molecule has 0 radical (unpaired) electrons. The fourth-order valence-electron chi connectivity index (χ4n) is 4.40. The molecule has 1 unspecified atom stereocenters. The minimum absolute atomic E-state index is 0.421. The lowest BCUT2D eigenvalue weighted by Gasteiger charge is -2.19. The van der Waals surface area contributed by atoms with Gasteiger partial charge in [-0.2, -0.15) is 0 Å². The number of allylic oxidation sites excluding steroid dienone is 1. The Kier molecular flexibility index (Phi) is 4.39. The van der Waals surface area contributed by atoms with Crippen LogP contribution in [-0.4, -0.2) is 6.10 Å². The van der Waals surface area contributed by atoms with Gasteiger partial charge < -0.3 is 4.74 Å². The Morgan fingerprint density at radius 3 is 1.78 bits per heavy atom. The van der Waals surface area contributed by atoms with Gasteiger partial charge in [-0.15, -0.1) is 0 Å². The summed E-state index contributed by atoms with van der Waals surface area (Å²) in [6, 6.07) is 28.1. The van der Waals surface area contributed by atoms with Crippen LogP contribution < -0.4 is 0 Å². The lowest BCUT2D eigenvalue weighted by Crippen LogP contribution is -2.17. The van der Waals surface area contributed by atoms with Crippen molar-refractivity contribution in [3.05, 3.63) is 96.6 Å². The molecule has 2 aliphatic rings. The Bertz CT molecular complexity index is 922. The maximum Gasteiger partial charge on any atom is 0.0720 e. The summed E-state index contributed by atoms with van der Waals surface area (Å²) >= 11 is 0. The van der Waals surface area contributed by atoms with E-state index in [9.17, 15) is 0 Å².